The first-order chi connectivity index (χ1) is 25.6. The van der Waals surface area contributed by atoms with Gasteiger partial charge in [-0.3, -0.25) is 0 Å². The smallest absolute Gasteiger partial charge is 0.0482 e. The molecule has 0 unspecified atom stereocenters. The normalized spacial score (nSPS) is 11.6. The SMILES string of the molecule is C=Cc1ccc(C(C)(C)c2ccc(N(c3ccccc3)c3cccc(N(c4ccccc4)c4ccc(C(C)(C)c5ccc(C)cc5)cc4)c3)cc2)cc1. The molecule has 7 aromatic carbocycles. The molecule has 0 spiro atoms. The van der Waals surface area contributed by atoms with Gasteiger partial charge in [-0.2, -0.15) is 0 Å². The van der Waals surface area contributed by atoms with Gasteiger partial charge in [-0.25, -0.2) is 0 Å². The highest BCUT2D eigenvalue weighted by Gasteiger charge is 2.25. The second-order valence-electron chi connectivity index (χ2n) is 14.9. The molecule has 0 saturated carbocycles. The maximum atomic E-state index is 3.92. The summed E-state index contributed by atoms with van der Waals surface area (Å²) in [6, 6.07) is 65.8. The first-order valence-electron chi connectivity index (χ1n) is 18.5. The molecule has 262 valence electrons. The summed E-state index contributed by atoms with van der Waals surface area (Å²) in [7, 11) is 0. The van der Waals surface area contributed by atoms with E-state index in [0.717, 1.165) is 39.7 Å². The van der Waals surface area contributed by atoms with Crippen LogP contribution in [0.4, 0.5) is 34.1 Å². The Hall–Kier alpha value is -6.12. The number of hydrogen-bond acceptors (Lipinski definition) is 2. The molecule has 0 N–H and O–H groups in total. The molecule has 0 heterocycles. The van der Waals surface area contributed by atoms with Gasteiger partial charge in [-0.05, 0) is 101 Å². The second-order valence-corrected chi connectivity index (χ2v) is 14.9. The summed E-state index contributed by atoms with van der Waals surface area (Å²) >= 11 is 0. The van der Waals surface area contributed by atoms with Crippen molar-refractivity contribution in [3.8, 4) is 0 Å². The maximum absolute atomic E-state index is 3.92. The molecular weight excluding hydrogens is 641 g/mol. The number of para-hydroxylation sites is 2. The average molecular weight is 689 g/mol. The van der Waals surface area contributed by atoms with E-state index in [2.05, 4.69) is 233 Å². The number of anilines is 6. The number of hydrogen-bond donors (Lipinski definition) is 0. The van der Waals surface area contributed by atoms with E-state index in [4.69, 9.17) is 0 Å². The minimum atomic E-state index is -0.156. The van der Waals surface area contributed by atoms with Crippen LogP contribution in [0.1, 0.15) is 61.1 Å². The largest absolute Gasteiger partial charge is 0.310 e. The summed E-state index contributed by atoms with van der Waals surface area (Å²) in [4.78, 5) is 4.69. The van der Waals surface area contributed by atoms with E-state index in [1.807, 2.05) is 6.08 Å². The fourth-order valence-electron chi connectivity index (χ4n) is 7.21. The lowest BCUT2D eigenvalue weighted by molar-refractivity contribution is 0.640. The van der Waals surface area contributed by atoms with Gasteiger partial charge in [0.05, 0.1) is 0 Å². The molecule has 7 rings (SSSR count). The van der Waals surface area contributed by atoms with E-state index >= 15 is 0 Å². The zero-order valence-corrected chi connectivity index (χ0v) is 31.5. The van der Waals surface area contributed by atoms with Crippen LogP contribution in [0.5, 0.6) is 0 Å². The quantitative estimate of drug-likeness (QED) is 0.133. The highest BCUT2D eigenvalue weighted by Crippen LogP contribution is 2.42. The van der Waals surface area contributed by atoms with Crippen LogP contribution in [0.25, 0.3) is 6.08 Å². The number of rotatable bonds is 11. The average Bonchev–Trinajstić information content (AvgIpc) is 3.20. The summed E-state index contributed by atoms with van der Waals surface area (Å²) in [5.41, 5.74) is 13.8. The molecule has 0 aliphatic rings. The second kappa shape index (κ2) is 14.9. The van der Waals surface area contributed by atoms with Crippen LogP contribution in [-0.4, -0.2) is 0 Å². The summed E-state index contributed by atoms with van der Waals surface area (Å²) in [6.45, 7) is 15.2. The third kappa shape index (κ3) is 7.32. The fraction of sp³-hybridized carbons (Fsp3) is 0.137. The molecule has 0 amide bonds. The molecule has 7 aromatic rings. The van der Waals surface area contributed by atoms with E-state index in [1.165, 1.54) is 27.8 Å². The Morgan fingerprint density at radius 3 is 1.08 bits per heavy atom. The number of nitrogens with zero attached hydrogens (tertiary/aromatic N) is 2. The lowest BCUT2D eigenvalue weighted by Gasteiger charge is -2.31. The topological polar surface area (TPSA) is 6.48 Å². The molecule has 2 heteroatoms. The molecule has 53 heavy (non-hydrogen) atoms. The fourth-order valence-corrected chi connectivity index (χ4v) is 7.21. The summed E-state index contributed by atoms with van der Waals surface area (Å²) in [5.74, 6) is 0. The van der Waals surface area contributed by atoms with Crippen molar-refractivity contribution in [3.05, 3.63) is 222 Å². The van der Waals surface area contributed by atoms with Gasteiger partial charge in [0.15, 0.2) is 0 Å². The zero-order chi connectivity index (χ0) is 37.0. The molecule has 0 aliphatic heterocycles. The van der Waals surface area contributed by atoms with E-state index in [9.17, 15) is 0 Å². The molecule has 0 bridgehead atoms. The van der Waals surface area contributed by atoms with Gasteiger partial charge >= 0.3 is 0 Å². The maximum Gasteiger partial charge on any atom is 0.0482 e. The predicted molar refractivity (Wildman–Crippen MR) is 228 cm³/mol. The minimum Gasteiger partial charge on any atom is -0.310 e. The van der Waals surface area contributed by atoms with Crippen LogP contribution in [0, 0.1) is 6.92 Å². The van der Waals surface area contributed by atoms with Crippen molar-refractivity contribution in [2.45, 2.75) is 45.4 Å². The van der Waals surface area contributed by atoms with Crippen LogP contribution in [0.2, 0.25) is 0 Å². The van der Waals surface area contributed by atoms with Crippen molar-refractivity contribution in [1.82, 2.24) is 0 Å². The Bertz CT molecular complexity index is 2270. The van der Waals surface area contributed by atoms with E-state index < -0.39 is 0 Å². The zero-order valence-electron chi connectivity index (χ0n) is 31.5. The van der Waals surface area contributed by atoms with Crippen molar-refractivity contribution in [1.29, 1.82) is 0 Å². The highest BCUT2D eigenvalue weighted by atomic mass is 15.2. The molecule has 0 aromatic heterocycles. The van der Waals surface area contributed by atoms with Crippen molar-refractivity contribution in [2.75, 3.05) is 9.80 Å². The van der Waals surface area contributed by atoms with Crippen molar-refractivity contribution in [3.63, 3.8) is 0 Å². The minimum absolute atomic E-state index is 0.124. The summed E-state index contributed by atoms with van der Waals surface area (Å²) in [5, 5.41) is 0. The molecule has 0 atom stereocenters. The number of aryl methyl sites for hydroxylation is 1. The van der Waals surface area contributed by atoms with Crippen molar-refractivity contribution in [2.24, 2.45) is 0 Å². The van der Waals surface area contributed by atoms with E-state index in [0.29, 0.717) is 0 Å². The molecule has 0 radical (unpaired) electrons. The van der Waals surface area contributed by atoms with Gasteiger partial charge in [0, 0.05) is 45.0 Å². The van der Waals surface area contributed by atoms with Crippen LogP contribution < -0.4 is 9.80 Å². The molecule has 2 nitrogen and oxygen atoms in total. The van der Waals surface area contributed by atoms with Crippen LogP contribution in [0.15, 0.2) is 189 Å². The Morgan fingerprint density at radius 1 is 0.377 bits per heavy atom. The molecular formula is C51H48N2. The van der Waals surface area contributed by atoms with Crippen molar-refractivity contribution >= 4 is 40.2 Å². The highest BCUT2D eigenvalue weighted by molar-refractivity contribution is 5.83. The van der Waals surface area contributed by atoms with Crippen LogP contribution in [0.3, 0.4) is 0 Å². The monoisotopic (exact) mass is 688 g/mol. The lowest BCUT2D eigenvalue weighted by Crippen LogP contribution is -2.19. The molecule has 0 fully saturated rings. The van der Waals surface area contributed by atoms with Crippen molar-refractivity contribution < 1.29 is 0 Å². The van der Waals surface area contributed by atoms with Crippen LogP contribution in [-0.2, 0) is 10.8 Å². The summed E-state index contributed by atoms with van der Waals surface area (Å²) < 4.78 is 0. The van der Waals surface area contributed by atoms with Gasteiger partial charge in [0.1, 0.15) is 0 Å². The lowest BCUT2D eigenvalue weighted by atomic mass is 9.78. The summed E-state index contributed by atoms with van der Waals surface area (Å²) in [6.07, 6.45) is 1.89. The first kappa shape index (κ1) is 35.3. The molecule has 0 aliphatic carbocycles. The van der Waals surface area contributed by atoms with Gasteiger partial charge in [0.25, 0.3) is 0 Å². The Labute approximate surface area is 316 Å². The van der Waals surface area contributed by atoms with Gasteiger partial charge in [0.2, 0.25) is 0 Å². The Kier molecular flexibility index (Phi) is 9.89. The standard InChI is InChI=1S/C51H48N2/c1-7-39-23-27-41(28-24-39)51(5,6)43-31-35-47(36-32-43)53(45-17-12-9-13-18-45)49-20-14-19-48(37-49)52(44-15-10-8-11-16-44)46-33-29-42(30-34-46)50(3,4)40-25-21-38(2)22-26-40/h7-37H,1H2,2-6H3. The van der Waals surface area contributed by atoms with Crippen LogP contribution >= 0.6 is 0 Å². The van der Waals surface area contributed by atoms with Gasteiger partial charge < -0.3 is 9.80 Å². The first-order valence-corrected chi connectivity index (χ1v) is 18.5. The number of benzene rings is 7. The van der Waals surface area contributed by atoms with Gasteiger partial charge in [-0.15, -0.1) is 0 Å². The third-order valence-electron chi connectivity index (χ3n) is 10.7. The Balaban J connectivity index is 1.26. The molecule has 0 saturated heterocycles. The predicted octanol–water partition coefficient (Wildman–Crippen LogP) is 14.2. The van der Waals surface area contributed by atoms with Gasteiger partial charge in [-0.1, -0.05) is 161 Å². The van der Waals surface area contributed by atoms with E-state index in [1.54, 1.807) is 0 Å². The third-order valence-corrected chi connectivity index (χ3v) is 10.7. The van der Waals surface area contributed by atoms with E-state index in [-0.39, 0.29) is 10.8 Å². The Morgan fingerprint density at radius 2 is 0.698 bits per heavy atom.